The average molecular weight is 499 g/mol. The normalized spacial score (nSPS) is 11.9. The van der Waals surface area contributed by atoms with Crippen LogP contribution in [-0.2, 0) is 17.8 Å². The highest BCUT2D eigenvalue weighted by atomic mass is 16.5. The minimum atomic E-state index is -0.914. The molecule has 0 radical (unpaired) electrons. The predicted octanol–water partition coefficient (Wildman–Crippen LogP) is 4.12. The summed E-state index contributed by atoms with van der Waals surface area (Å²) in [5.74, 6) is 0.0436. The quantitative estimate of drug-likeness (QED) is 0.248. The van der Waals surface area contributed by atoms with Crippen LogP contribution in [0.15, 0.2) is 79.0 Å². The second kappa shape index (κ2) is 10.9. The van der Waals surface area contributed by atoms with Crippen LogP contribution in [0.1, 0.15) is 18.1 Å². The maximum atomic E-state index is 12.0. The van der Waals surface area contributed by atoms with Crippen LogP contribution in [0.5, 0.6) is 17.5 Å². The number of aromatic nitrogens is 5. The molecule has 1 atom stereocenters. The van der Waals surface area contributed by atoms with Gasteiger partial charge in [-0.3, -0.25) is 4.79 Å². The Balaban J connectivity index is 1.31. The molecule has 2 heterocycles. The van der Waals surface area contributed by atoms with E-state index in [1.807, 2.05) is 79.9 Å². The number of fused-ring (bicyclic) bond motifs is 1. The van der Waals surface area contributed by atoms with E-state index >= 15 is 0 Å². The third kappa shape index (κ3) is 5.44. The largest absolute Gasteiger partial charge is 0.490 e. The monoisotopic (exact) mass is 498 g/mol. The SMILES string of the molecule is CCOc1cc(CN[C@H](Cc2c[nH]c3ccccc23)C(=O)O)ccc1Oc1nnnn1-c1ccccc1. The number of hydrogen-bond donors (Lipinski definition) is 3. The van der Waals surface area contributed by atoms with Crippen LogP contribution < -0.4 is 14.8 Å². The Hall–Kier alpha value is -4.70. The molecule has 37 heavy (non-hydrogen) atoms. The molecule has 3 aromatic carbocycles. The van der Waals surface area contributed by atoms with Crippen molar-refractivity contribution in [2.75, 3.05) is 6.61 Å². The van der Waals surface area contributed by atoms with E-state index in [1.54, 1.807) is 6.07 Å². The summed E-state index contributed by atoms with van der Waals surface area (Å²) < 4.78 is 13.3. The Morgan fingerprint density at radius 1 is 1.08 bits per heavy atom. The molecular weight excluding hydrogens is 472 g/mol. The van der Waals surface area contributed by atoms with Gasteiger partial charge in [-0.1, -0.05) is 47.6 Å². The fourth-order valence-corrected chi connectivity index (χ4v) is 4.10. The highest BCUT2D eigenvalue weighted by Crippen LogP contribution is 2.32. The molecule has 10 nitrogen and oxygen atoms in total. The Bertz CT molecular complexity index is 1500. The molecule has 0 fully saturated rings. The van der Waals surface area contributed by atoms with Gasteiger partial charge < -0.3 is 24.9 Å². The van der Waals surface area contributed by atoms with Crippen molar-refractivity contribution in [3.63, 3.8) is 0 Å². The molecule has 0 aliphatic rings. The summed E-state index contributed by atoms with van der Waals surface area (Å²) in [6, 6.07) is 22.1. The number of carbonyl (C=O) groups is 1. The van der Waals surface area contributed by atoms with Crippen LogP contribution in [0.2, 0.25) is 0 Å². The minimum absolute atomic E-state index is 0.197. The number of H-pyrrole nitrogens is 1. The Morgan fingerprint density at radius 2 is 1.89 bits per heavy atom. The average Bonchev–Trinajstić information content (AvgIpc) is 3.55. The van der Waals surface area contributed by atoms with Gasteiger partial charge in [0.2, 0.25) is 0 Å². The van der Waals surface area contributed by atoms with Gasteiger partial charge in [0, 0.05) is 30.1 Å². The fraction of sp³-hybridized carbons (Fsp3) is 0.185. The molecule has 3 N–H and O–H groups in total. The maximum Gasteiger partial charge on any atom is 0.346 e. The number of benzene rings is 3. The number of rotatable bonds is 11. The van der Waals surface area contributed by atoms with Gasteiger partial charge in [-0.15, -0.1) is 0 Å². The first kappa shape index (κ1) is 24.0. The number of hydrogen-bond acceptors (Lipinski definition) is 7. The van der Waals surface area contributed by atoms with E-state index in [9.17, 15) is 9.90 Å². The zero-order valence-corrected chi connectivity index (χ0v) is 20.2. The molecular formula is C27H26N6O4. The molecule has 5 rings (SSSR count). The molecule has 0 unspecified atom stereocenters. The number of aromatic amines is 1. The molecule has 10 heteroatoms. The van der Waals surface area contributed by atoms with Gasteiger partial charge in [0.25, 0.3) is 0 Å². The van der Waals surface area contributed by atoms with Crippen LogP contribution in [0.4, 0.5) is 0 Å². The van der Waals surface area contributed by atoms with Gasteiger partial charge in [0.05, 0.1) is 12.3 Å². The van der Waals surface area contributed by atoms with Gasteiger partial charge in [0.1, 0.15) is 6.04 Å². The second-order valence-electron chi connectivity index (χ2n) is 8.36. The lowest BCUT2D eigenvalue weighted by Crippen LogP contribution is -2.38. The molecule has 0 amide bonds. The van der Waals surface area contributed by atoms with Crippen LogP contribution >= 0.6 is 0 Å². The molecule has 0 bridgehead atoms. The van der Waals surface area contributed by atoms with E-state index in [2.05, 4.69) is 25.8 Å². The van der Waals surface area contributed by atoms with Crippen LogP contribution in [-0.4, -0.2) is 48.9 Å². The standard InChI is InChI=1S/C27H26N6O4/c1-2-36-25-14-18(12-13-24(25)37-27-30-31-32-33(27)20-8-4-3-5-9-20)16-28-23(26(34)35)15-19-17-29-22-11-7-6-10-21(19)22/h3-14,17,23,28-29H,2,15-16H2,1H3,(H,34,35)/t23-/m1/s1. The number of ether oxygens (including phenoxy) is 2. The van der Waals surface area contributed by atoms with Crippen molar-refractivity contribution in [2.45, 2.75) is 25.9 Å². The Labute approximate surface area is 212 Å². The summed E-state index contributed by atoms with van der Waals surface area (Å²) in [6.45, 7) is 2.64. The van der Waals surface area contributed by atoms with E-state index in [0.29, 0.717) is 31.1 Å². The van der Waals surface area contributed by atoms with Crippen molar-refractivity contribution < 1.29 is 19.4 Å². The number of carboxylic acid groups (broad SMARTS) is 1. The molecule has 188 valence electrons. The first-order valence-corrected chi connectivity index (χ1v) is 11.9. The minimum Gasteiger partial charge on any atom is -0.490 e. The number of nitrogens with zero attached hydrogens (tertiary/aromatic N) is 4. The van der Waals surface area contributed by atoms with Crippen LogP contribution in [0.3, 0.4) is 0 Å². The number of tetrazole rings is 1. The summed E-state index contributed by atoms with van der Waals surface area (Å²) in [4.78, 5) is 15.2. The molecule has 0 saturated heterocycles. The summed E-state index contributed by atoms with van der Waals surface area (Å²) in [5.41, 5.74) is 3.54. The van der Waals surface area contributed by atoms with Gasteiger partial charge in [-0.2, -0.15) is 4.68 Å². The van der Waals surface area contributed by atoms with Crippen LogP contribution in [0.25, 0.3) is 16.6 Å². The highest BCUT2D eigenvalue weighted by molar-refractivity contribution is 5.84. The fourth-order valence-electron chi connectivity index (χ4n) is 4.10. The zero-order chi connectivity index (χ0) is 25.6. The van der Waals surface area contributed by atoms with Crippen molar-refractivity contribution in [1.29, 1.82) is 0 Å². The van der Waals surface area contributed by atoms with E-state index in [0.717, 1.165) is 27.7 Å². The molecule has 0 spiro atoms. The van der Waals surface area contributed by atoms with E-state index in [-0.39, 0.29) is 6.01 Å². The van der Waals surface area contributed by atoms with E-state index < -0.39 is 12.0 Å². The highest BCUT2D eigenvalue weighted by Gasteiger charge is 2.20. The second-order valence-corrected chi connectivity index (χ2v) is 8.36. The van der Waals surface area contributed by atoms with Gasteiger partial charge in [-0.05, 0) is 58.8 Å². The lowest BCUT2D eigenvalue weighted by Gasteiger charge is -2.16. The van der Waals surface area contributed by atoms with Crippen molar-refractivity contribution in [1.82, 2.24) is 30.5 Å². The maximum absolute atomic E-state index is 12.0. The van der Waals surface area contributed by atoms with Crippen LogP contribution in [0, 0.1) is 0 Å². The van der Waals surface area contributed by atoms with Crippen molar-refractivity contribution in [3.8, 4) is 23.2 Å². The third-order valence-electron chi connectivity index (χ3n) is 5.90. The summed E-state index contributed by atoms with van der Waals surface area (Å²) >= 11 is 0. The van der Waals surface area contributed by atoms with Gasteiger partial charge in [0.15, 0.2) is 11.5 Å². The molecule has 0 aliphatic carbocycles. The smallest absolute Gasteiger partial charge is 0.346 e. The van der Waals surface area contributed by atoms with Gasteiger partial charge >= 0.3 is 12.0 Å². The number of aliphatic carboxylic acids is 1. The Morgan fingerprint density at radius 3 is 2.70 bits per heavy atom. The van der Waals surface area contributed by atoms with Crippen molar-refractivity contribution in [2.24, 2.45) is 0 Å². The molecule has 2 aromatic heterocycles. The summed E-state index contributed by atoms with van der Waals surface area (Å²) in [5, 5.41) is 25.7. The third-order valence-corrected chi connectivity index (χ3v) is 5.90. The molecule has 0 saturated carbocycles. The van der Waals surface area contributed by atoms with E-state index in [4.69, 9.17) is 9.47 Å². The first-order valence-electron chi connectivity index (χ1n) is 11.9. The number of nitrogens with one attached hydrogen (secondary N) is 2. The number of para-hydroxylation sites is 2. The summed E-state index contributed by atoms with van der Waals surface area (Å²) in [7, 11) is 0. The van der Waals surface area contributed by atoms with Crippen molar-refractivity contribution >= 4 is 16.9 Å². The number of carboxylic acids is 1. The lowest BCUT2D eigenvalue weighted by molar-refractivity contribution is -0.139. The Kier molecular flexibility index (Phi) is 7.09. The summed E-state index contributed by atoms with van der Waals surface area (Å²) in [6.07, 6.45) is 2.21. The first-order chi connectivity index (χ1) is 18.1. The van der Waals surface area contributed by atoms with Gasteiger partial charge in [-0.25, -0.2) is 0 Å². The topological polar surface area (TPSA) is 127 Å². The lowest BCUT2D eigenvalue weighted by atomic mass is 10.0. The molecule has 5 aromatic rings. The predicted molar refractivity (Wildman–Crippen MR) is 137 cm³/mol. The molecule has 0 aliphatic heterocycles. The zero-order valence-electron chi connectivity index (χ0n) is 20.2. The van der Waals surface area contributed by atoms with E-state index in [1.165, 1.54) is 4.68 Å². The van der Waals surface area contributed by atoms with Crippen molar-refractivity contribution in [3.05, 3.63) is 90.1 Å².